The van der Waals surface area contributed by atoms with E-state index in [0.29, 0.717) is 4.47 Å². The fourth-order valence-corrected chi connectivity index (χ4v) is 2.33. The number of ether oxygens (including phenoxy) is 1. The minimum atomic E-state index is -3.83. The van der Waals surface area contributed by atoms with Gasteiger partial charge in [-0.3, -0.25) is 4.84 Å². The third-order valence-electron chi connectivity index (χ3n) is 2.30. The largest absolute Gasteiger partial charge is 0.465 e. The van der Waals surface area contributed by atoms with Crippen LogP contribution in [-0.2, 0) is 19.6 Å². The molecule has 0 aliphatic heterocycles. The van der Waals surface area contributed by atoms with E-state index < -0.39 is 16.0 Å². The Labute approximate surface area is 105 Å². The molecule has 0 aliphatic rings. The maximum absolute atomic E-state index is 11.9. The molecule has 0 fully saturated rings. The summed E-state index contributed by atoms with van der Waals surface area (Å²) < 4.78 is 29.1. The number of hydrogen-bond acceptors (Lipinski definition) is 6. The lowest BCUT2D eigenvalue weighted by atomic mass is 10.2. The van der Waals surface area contributed by atoms with Gasteiger partial charge in [0.25, 0.3) is 10.0 Å². The molecule has 0 saturated heterocycles. The molecule has 2 N–H and O–H groups in total. The van der Waals surface area contributed by atoms with Crippen LogP contribution in [0.4, 0.5) is 5.69 Å². The molecule has 1 aromatic rings. The van der Waals surface area contributed by atoms with Crippen molar-refractivity contribution in [1.29, 1.82) is 0 Å². The Morgan fingerprint density at radius 3 is 2.39 bits per heavy atom. The lowest BCUT2D eigenvalue weighted by Crippen LogP contribution is -2.26. The molecule has 0 atom stereocenters. The number of hydroxylamine groups is 1. The summed E-state index contributed by atoms with van der Waals surface area (Å²) in [4.78, 5) is 15.7. The van der Waals surface area contributed by atoms with E-state index >= 15 is 0 Å². The maximum Gasteiger partial charge on any atom is 0.337 e. The van der Waals surface area contributed by atoms with Crippen LogP contribution < -0.4 is 5.73 Å². The third-order valence-corrected chi connectivity index (χ3v) is 4.06. The lowest BCUT2D eigenvalue weighted by molar-refractivity contribution is -0.0258. The van der Waals surface area contributed by atoms with Crippen molar-refractivity contribution >= 4 is 21.7 Å². The van der Waals surface area contributed by atoms with Crippen LogP contribution >= 0.6 is 0 Å². The molecule has 100 valence electrons. The summed E-state index contributed by atoms with van der Waals surface area (Å²) >= 11 is 0. The second kappa shape index (κ2) is 5.34. The number of rotatable bonds is 4. The second-order valence-electron chi connectivity index (χ2n) is 3.34. The smallest absolute Gasteiger partial charge is 0.337 e. The van der Waals surface area contributed by atoms with E-state index in [-0.39, 0.29) is 16.1 Å². The number of esters is 1. The molecule has 0 aliphatic carbocycles. The molecule has 1 aromatic carbocycles. The van der Waals surface area contributed by atoms with Crippen LogP contribution in [0.2, 0.25) is 0 Å². The van der Waals surface area contributed by atoms with Gasteiger partial charge >= 0.3 is 5.97 Å². The van der Waals surface area contributed by atoms with E-state index in [1.54, 1.807) is 0 Å². The van der Waals surface area contributed by atoms with Crippen LogP contribution in [-0.4, -0.2) is 40.1 Å². The highest BCUT2D eigenvalue weighted by molar-refractivity contribution is 7.89. The summed E-state index contributed by atoms with van der Waals surface area (Å²) in [5, 5.41) is 0. The summed E-state index contributed by atoms with van der Waals surface area (Å²) in [6.45, 7) is 0. The van der Waals surface area contributed by atoms with Crippen LogP contribution in [0.15, 0.2) is 23.1 Å². The monoisotopic (exact) mass is 274 g/mol. The molecule has 7 nitrogen and oxygen atoms in total. The number of nitrogens with zero attached hydrogens (tertiary/aromatic N) is 1. The molecule has 0 spiro atoms. The van der Waals surface area contributed by atoms with Crippen molar-refractivity contribution < 1.29 is 22.8 Å². The van der Waals surface area contributed by atoms with Gasteiger partial charge in [-0.1, -0.05) is 4.47 Å². The first kappa shape index (κ1) is 14.4. The van der Waals surface area contributed by atoms with Gasteiger partial charge in [-0.05, 0) is 18.2 Å². The highest BCUT2D eigenvalue weighted by Gasteiger charge is 2.24. The molecule has 1 rings (SSSR count). The molecule has 8 heteroatoms. The molecule has 0 radical (unpaired) electrons. The molecule has 0 heterocycles. The van der Waals surface area contributed by atoms with Gasteiger partial charge in [0, 0.05) is 7.05 Å². The van der Waals surface area contributed by atoms with E-state index in [2.05, 4.69) is 9.57 Å². The summed E-state index contributed by atoms with van der Waals surface area (Å²) in [7, 11) is -0.153. The highest BCUT2D eigenvalue weighted by Crippen LogP contribution is 2.23. The first-order valence-corrected chi connectivity index (χ1v) is 6.29. The quantitative estimate of drug-likeness (QED) is 0.479. The zero-order chi connectivity index (χ0) is 13.9. The normalized spacial score (nSPS) is 11.6. The SMILES string of the molecule is COC(=O)c1ccc(S(=O)(=O)N(C)OC)c(N)c1. The average molecular weight is 274 g/mol. The molecule has 0 bridgehead atoms. The number of hydrogen-bond donors (Lipinski definition) is 1. The number of carbonyl (C=O) groups is 1. The van der Waals surface area contributed by atoms with Gasteiger partial charge in [0.05, 0.1) is 25.5 Å². The fourth-order valence-electron chi connectivity index (χ4n) is 1.26. The number of carbonyl (C=O) groups excluding carboxylic acids is 1. The van der Waals surface area contributed by atoms with E-state index in [1.165, 1.54) is 39.5 Å². The third kappa shape index (κ3) is 2.61. The average Bonchev–Trinajstić information content (AvgIpc) is 2.36. The number of benzene rings is 1. The van der Waals surface area contributed by atoms with Gasteiger partial charge in [0.2, 0.25) is 0 Å². The van der Waals surface area contributed by atoms with Gasteiger partial charge in [-0.2, -0.15) is 0 Å². The van der Waals surface area contributed by atoms with Crippen LogP contribution in [0.1, 0.15) is 10.4 Å². The highest BCUT2D eigenvalue weighted by atomic mass is 32.2. The second-order valence-corrected chi connectivity index (χ2v) is 5.25. The summed E-state index contributed by atoms with van der Waals surface area (Å²) in [6, 6.07) is 3.78. The Kier molecular flexibility index (Phi) is 4.28. The van der Waals surface area contributed by atoms with Crippen molar-refractivity contribution in [3.8, 4) is 0 Å². The molecule has 0 unspecified atom stereocenters. The number of nitrogen functional groups attached to an aromatic ring is 1. The summed E-state index contributed by atoms with van der Waals surface area (Å²) in [6.07, 6.45) is 0. The van der Waals surface area contributed by atoms with Crippen LogP contribution in [0.25, 0.3) is 0 Å². The molecule has 0 saturated carbocycles. The zero-order valence-electron chi connectivity index (χ0n) is 10.2. The van der Waals surface area contributed by atoms with E-state index in [9.17, 15) is 13.2 Å². The van der Waals surface area contributed by atoms with E-state index in [0.717, 1.165) is 0 Å². The van der Waals surface area contributed by atoms with Crippen molar-refractivity contribution in [1.82, 2.24) is 4.47 Å². The summed E-state index contributed by atoms with van der Waals surface area (Å²) in [5.74, 6) is -0.592. The van der Waals surface area contributed by atoms with Crippen molar-refractivity contribution in [2.24, 2.45) is 0 Å². The van der Waals surface area contributed by atoms with E-state index in [1.807, 2.05) is 0 Å². The van der Waals surface area contributed by atoms with E-state index in [4.69, 9.17) is 5.73 Å². The Morgan fingerprint density at radius 2 is 1.94 bits per heavy atom. The minimum absolute atomic E-state index is 0.0539. The molecule has 0 amide bonds. The first-order chi connectivity index (χ1) is 8.34. The van der Waals surface area contributed by atoms with Gasteiger partial charge < -0.3 is 10.5 Å². The van der Waals surface area contributed by atoms with Gasteiger partial charge in [-0.25, -0.2) is 13.2 Å². The standard InChI is InChI=1S/C10H14N2O5S/c1-12(17-3)18(14,15)9-5-4-7(6-8(9)11)10(13)16-2/h4-6H,11H2,1-3H3. The maximum atomic E-state index is 11.9. The molecular weight excluding hydrogens is 260 g/mol. The Bertz CT molecular complexity index is 555. The van der Waals surface area contributed by atoms with Crippen molar-refractivity contribution in [3.05, 3.63) is 23.8 Å². The van der Waals surface area contributed by atoms with Gasteiger partial charge in [-0.15, -0.1) is 0 Å². The molecular formula is C10H14N2O5S. The minimum Gasteiger partial charge on any atom is -0.465 e. The molecule has 0 aromatic heterocycles. The van der Waals surface area contributed by atoms with Gasteiger partial charge in [0.15, 0.2) is 0 Å². The number of nitrogens with two attached hydrogens (primary N) is 1. The van der Waals surface area contributed by atoms with Crippen molar-refractivity contribution in [2.45, 2.75) is 4.90 Å². The fraction of sp³-hybridized carbons (Fsp3) is 0.300. The number of anilines is 1. The first-order valence-electron chi connectivity index (χ1n) is 4.85. The Morgan fingerprint density at radius 1 is 1.33 bits per heavy atom. The van der Waals surface area contributed by atoms with Gasteiger partial charge in [0.1, 0.15) is 4.90 Å². The topological polar surface area (TPSA) is 98.9 Å². The Balaban J connectivity index is 3.26. The lowest BCUT2D eigenvalue weighted by Gasteiger charge is -2.15. The predicted molar refractivity (Wildman–Crippen MR) is 64.2 cm³/mol. The van der Waals surface area contributed by atoms with Crippen molar-refractivity contribution in [3.63, 3.8) is 0 Å². The van der Waals surface area contributed by atoms with Crippen LogP contribution in [0.5, 0.6) is 0 Å². The number of methoxy groups -OCH3 is 1. The zero-order valence-corrected chi connectivity index (χ0v) is 11.0. The van der Waals surface area contributed by atoms with Crippen LogP contribution in [0.3, 0.4) is 0 Å². The van der Waals surface area contributed by atoms with Crippen LogP contribution in [0, 0.1) is 0 Å². The Hall–Kier alpha value is -1.64. The predicted octanol–water partition coefficient (Wildman–Crippen LogP) is 0.237. The molecule has 18 heavy (non-hydrogen) atoms. The summed E-state index contributed by atoms with van der Waals surface area (Å²) in [5.41, 5.74) is 5.74. The number of sulfonamides is 1. The van der Waals surface area contributed by atoms with Crippen molar-refractivity contribution in [2.75, 3.05) is 27.0 Å².